The van der Waals surface area contributed by atoms with Crippen LogP contribution in [0.25, 0.3) is 5.82 Å². The lowest BCUT2D eigenvalue weighted by molar-refractivity contribution is -0.118. The van der Waals surface area contributed by atoms with Crippen molar-refractivity contribution in [3.8, 4) is 5.82 Å². The molecule has 0 saturated carbocycles. The SMILES string of the molecule is CC(CCl)C(=O)Nc1ccc(-n2cccn2)nc1. The van der Waals surface area contributed by atoms with Crippen molar-refractivity contribution < 1.29 is 4.79 Å². The largest absolute Gasteiger partial charge is 0.324 e. The molecule has 1 unspecified atom stereocenters. The van der Waals surface area contributed by atoms with E-state index < -0.39 is 0 Å². The van der Waals surface area contributed by atoms with Crippen molar-refractivity contribution in [2.24, 2.45) is 5.92 Å². The van der Waals surface area contributed by atoms with Crippen LogP contribution in [0.4, 0.5) is 5.69 Å². The standard InChI is InChI=1S/C12H13ClN4O/c1-9(7-13)12(18)16-10-3-4-11(14-8-10)17-6-2-5-15-17/h2-6,8-9H,7H2,1H3,(H,16,18). The second kappa shape index (κ2) is 5.64. The van der Waals surface area contributed by atoms with Gasteiger partial charge in [0, 0.05) is 24.2 Å². The molecule has 5 nitrogen and oxygen atoms in total. The fraction of sp³-hybridized carbons (Fsp3) is 0.250. The van der Waals surface area contributed by atoms with Gasteiger partial charge >= 0.3 is 0 Å². The van der Waals surface area contributed by atoms with Crippen molar-refractivity contribution in [2.75, 3.05) is 11.2 Å². The first-order valence-corrected chi connectivity index (χ1v) is 6.07. The highest BCUT2D eigenvalue weighted by Crippen LogP contribution is 2.10. The maximum absolute atomic E-state index is 11.6. The molecule has 0 spiro atoms. The number of nitrogens with zero attached hydrogens (tertiary/aromatic N) is 3. The number of pyridine rings is 1. The van der Waals surface area contributed by atoms with E-state index in [-0.39, 0.29) is 11.8 Å². The third kappa shape index (κ3) is 2.87. The number of carbonyl (C=O) groups excluding carboxylic acids is 1. The van der Waals surface area contributed by atoms with Crippen molar-refractivity contribution in [1.29, 1.82) is 0 Å². The van der Waals surface area contributed by atoms with Crippen LogP contribution in [0.2, 0.25) is 0 Å². The summed E-state index contributed by atoms with van der Waals surface area (Å²) in [6.45, 7) is 1.77. The fourth-order valence-electron chi connectivity index (χ4n) is 1.34. The van der Waals surface area contributed by atoms with Crippen LogP contribution < -0.4 is 5.32 Å². The van der Waals surface area contributed by atoms with Crippen LogP contribution in [0.1, 0.15) is 6.92 Å². The lowest BCUT2D eigenvalue weighted by Gasteiger charge is -2.09. The van der Waals surface area contributed by atoms with Gasteiger partial charge in [0.15, 0.2) is 5.82 Å². The van der Waals surface area contributed by atoms with E-state index in [0.717, 1.165) is 0 Å². The number of alkyl halides is 1. The lowest BCUT2D eigenvalue weighted by atomic mass is 10.2. The molecule has 0 aliphatic heterocycles. The minimum Gasteiger partial charge on any atom is -0.324 e. The van der Waals surface area contributed by atoms with E-state index in [4.69, 9.17) is 11.6 Å². The molecule has 1 atom stereocenters. The molecule has 1 amide bonds. The summed E-state index contributed by atoms with van der Waals surface area (Å²) in [5.74, 6) is 0.657. The predicted octanol–water partition coefficient (Wildman–Crippen LogP) is 2.08. The van der Waals surface area contributed by atoms with Gasteiger partial charge < -0.3 is 5.32 Å². The average Bonchev–Trinajstić information content (AvgIpc) is 2.92. The lowest BCUT2D eigenvalue weighted by Crippen LogP contribution is -2.21. The smallest absolute Gasteiger partial charge is 0.228 e. The van der Waals surface area contributed by atoms with E-state index in [2.05, 4.69) is 15.4 Å². The van der Waals surface area contributed by atoms with Crippen molar-refractivity contribution >= 4 is 23.2 Å². The Bertz CT molecular complexity index is 509. The van der Waals surface area contributed by atoms with E-state index in [1.807, 2.05) is 6.07 Å². The zero-order valence-electron chi connectivity index (χ0n) is 9.88. The second-order valence-electron chi connectivity index (χ2n) is 3.90. The number of carbonyl (C=O) groups is 1. The van der Waals surface area contributed by atoms with Crippen LogP contribution in [-0.4, -0.2) is 26.6 Å². The van der Waals surface area contributed by atoms with E-state index >= 15 is 0 Å². The molecule has 0 bridgehead atoms. The highest BCUT2D eigenvalue weighted by atomic mass is 35.5. The van der Waals surface area contributed by atoms with Crippen molar-refractivity contribution in [1.82, 2.24) is 14.8 Å². The van der Waals surface area contributed by atoms with Gasteiger partial charge in [0.05, 0.1) is 11.9 Å². The van der Waals surface area contributed by atoms with Crippen LogP contribution in [0, 0.1) is 5.92 Å². The van der Waals surface area contributed by atoms with E-state index in [0.29, 0.717) is 17.4 Å². The quantitative estimate of drug-likeness (QED) is 0.860. The van der Waals surface area contributed by atoms with Gasteiger partial charge in [0.2, 0.25) is 5.91 Å². The Kier molecular flexibility index (Phi) is 3.94. The van der Waals surface area contributed by atoms with Crippen LogP contribution in [0.3, 0.4) is 0 Å². The molecular weight excluding hydrogens is 252 g/mol. The first kappa shape index (κ1) is 12.6. The Morgan fingerprint density at radius 1 is 1.56 bits per heavy atom. The predicted molar refractivity (Wildman–Crippen MR) is 69.9 cm³/mol. The number of hydrogen-bond donors (Lipinski definition) is 1. The minimum absolute atomic E-state index is 0.112. The summed E-state index contributed by atoms with van der Waals surface area (Å²) in [5.41, 5.74) is 0.646. The number of aromatic nitrogens is 3. The van der Waals surface area contributed by atoms with E-state index in [1.165, 1.54) is 0 Å². The zero-order chi connectivity index (χ0) is 13.0. The molecule has 0 radical (unpaired) electrons. The number of nitrogens with one attached hydrogen (secondary N) is 1. The molecule has 0 aliphatic carbocycles. The second-order valence-corrected chi connectivity index (χ2v) is 4.21. The van der Waals surface area contributed by atoms with Gasteiger partial charge in [0.25, 0.3) is 0 Å². The Balaban J connectivity index is 2.06. The zero-order valence-corrected chi connectivity index (χ0v) is 10.6. The highest BCUT2D eigenvalue weighted by Gasteiger charge is 2.11. The van der Waals surface area contributed by atoms with Crippen molar-refractivity contribution in [2.45, 2.75) is 6.92 Å². The average molecular weight is 265 g/mol. The summed E-state index contributed by atoms with van der Waals surface area (Å²) in [6.07, 6.45) is 5.07. The van der Waals surface area contributed by atoms with E-state index in [9.17, 15) is 4.79 Å². The van der Waals surface area contributed by atoms with Gasteiger partial charge in [0.1, 0.15) is 0 Å². The molecule has 18 heavy (non-hydrogen) atoms. The van der Waals surface area contributed by atoms with Crippen LogP contribution in [-0.2, 0) is 4.79 Å². The number of halogens is 1. The molecule has 6 heteroatoms. The van der Waals surface area contributed by atoms with Crippen LogP contribution in [0.15, 0.2) is 36.8 Å². The summed E-state index contributed by atoms with van der Waals surface area (Å²) >= 11 is 5.62. The summed E-state index contributed by atoms with van der Waals surface area (Å²) in [4.78, 5) is 15.8. The summed E-state index contributed by atoms with van der Waals surface area (Å²) in [5, 5.41) is 6.82. The molecule has 0 aromatic carbocycles. The van der Waals surface area contributed by atoms with Gasteiger partial charge in [-0.05, 0) is 18.2 Å². The summed E-state index contributed by atoms with van der Waals surface area (Å²) in [7, 11) is 0. The van der Waals surface area contributed by atoms with E-state index in [1.54, 1.807) is 42.3 Å². The number of rotatable bonds is 4. The van der Waals surface area contributed by atoms with Crippen molar-refractivity contribution in [3.63, 3.8) is 0 Å². The molecule has 2 rings (SSSR count). The first-order chi connectivity index (χ1) is 8.70. The van der Waals surface area contributed by atoms with Gasteiger partial charge in [-0.2, -0.15) is 5.10 Å². The number of hydrogen-bond acceptors (Lipinski definition) is 3. The molecule has 1 N–H and O–H groups in total. The molecule has 94 valence electrons. The van der Waals surface area contributed by atoms with Gasteiger partial charge in [-0.3, -0.25) is 4.79 Å². The minimum atomic E-state index is -0.225. The maximum Gasteiger partial charge on any atom is 0.228 e. The Morgan fingerprint density at radius 3 is 2.94 bits per heavy atom. The number of anilines is 1. The molecule has 2 aromatic heterocycles. The highest BCUT2D eigenvalue weighted by molar-refractivity contribution is 6.19. The third-order valence-corrected chi connectivity index (χ3v) is 2.90. The topological polar surface area (TPSA) is 59.8 Å². The third-order valence-electron chi connectivity index (χ3n) is 2.43. The molecule has 2 heterocycles. The molecule has 2 aromatic rings. The molecule has 0 fully saturated rings. The fourth-order valence-corrected chi connectivity index (χ4v) is 1.48. The Hall–Kier alpha value is -1.88. The molecule has 0 saturated heterocycles. The monoisotopic (exact) mass is 264 g/mol. The summed E-state index contributed by atoms with van der Waals surface area (Å²) < 4.78 is 1.65. The van der Waals surface area contributed by atoms with Gasteiger partial charge in [-0.25, -0.2) is 9.67 Å². The maximum atomic E-state index is 11.6. The Labute approximate surface area is 110 Å². The number of amides is 1. The molecular formula is C12H13ClN4O. The molecule has 0 aliphatic rings. The van der Waals surface area contributed by atoms with Crippen LogP contribution >= 0.6 is 11.6 Å². The normalized spacial score (nSPS) is 12.1. The van der Waals surface area contributed by atoms with Gasteiger partial charge in [-0.1, -0.05) is 6.92 Å². The van der Waals surface area contributed by atoms with Crippen LogP contribution in [0.5, 0.6) is 0 Å². The van der Waals surface area contributed by atoms with Crippen molar-refractivity contribution in [3.05, 3.63) is 36.8 Å². The first-order valence-electron chi connectivity index (χ1n) is 5.53. The van der Waals surface area contributed by atoms with Gasteiger partial charge in [-0.15, -0.1) is 11.6 Å². The Morgan fingerprint density at radius 2 is 2.39 bits per heavy atom. The summed E-state index contributed by atoms with van der Waals surface area (Å²) in [6, 6.07) is 5.39.